The van der Waals surface area contributed by atoms with E-state index < -0.39 is 12.1 Å². The first-order valence-electron chi connectivity index (χ1n) is 12.2. The Morgan fingerprint density at radius 1 is 1.19 bits per heavy atom. The summed E-state index contributed by atoms with van der Waals surface area (Å²) >= 11 is 1.59. The first-order chi connectivity index (χ1) is 16.7. The second kappa shape index (κ2) is 10.9. The summed E-state index contributed by atoms with van der Waals surface area (Å²) in [5, 5.41) is 11.1. The van der Waals surface area contributed by atoms with E-state index in [9.17, 15) is 18.0 Å². The molecule has 200 valence electrons. The van der Waals surface area contributed by atoms with Crippen molar-refractivity contribution < 1.29 is 27.9 Å². The lowest BCUT2D eigenvalue weighted by Crippen LogP contribution is -2.54. The Bertz CT molecular complexity index is 1060. The number of alkyl halides is 3. The van der Waals surface area contributed by atoms with E-state index >= 15 is 0 Å². The van der Waals surface area contributed by atoms with Gasteiger partial charge in [0.05, 0.1) is 23.5 Å². The normalized spacial score (nSPS) is 17.8. The summed E-state index contributed by atoms with van der Waals surface area (Å²) < 4.78 is 34.1. The van der Waals surface area contributed by atoms with Crippen molar-refractivity contribution in [2.75, 3.05) is 26.2 Å². The number of rotatable bonds is 4. The molecule has 2 aromatic heterocycles. The van der Waals surface area contributed by atoms with Gasteiger partial charge in [-0.2, -0.15) is 24.5 Å². The maximum absolute atomic E-state index is 13.3. The number of hydrogen-bond acceptors (Lipinski definition) is 5. The number of carbonyl (C=O) groups is 2. The number of carboxylic acids is 1. The van der Waals surface area contributed by atoms with Crippen molar-refractivity contribution in [1.82, 2.24) is 19.4 Å². The maximum Gasteiger partial charge on any atom is 0.490 e. The standard InChI is InChI=1S/C23H34N4OS.C2HF3O2/c1-16(2)12-25-9-7-23(8-10-25)15-26(22(28)19-6-11-29-14-19)13-20-21(23)24-18(5)27(20)17(3)4;3-2(4,5)1(6)7/h6,11,14,16-17H,7-10,12-13,15H2,1-5H3;(H,6,7). The van der Waals surface area contributed by atoms with Crippen molar-refractivity contribution in [2.24, 2.45) is 5.92 Å². The molecule has 36 heavy (non-hydrogen) atoms. The summed E-state index contributed by atoms with van der Waals surface area (Å²) in [6, 6.07) is 2.30. The van der Waals surface area contributed by atoms with Crippen molar-refractivity contribution >= 4 is 23.2 Å². The molecule has 1 spiro atoms. The SMILES string of the molecule is Cc1nc2c(n1C(C)C)CN(C(=O)c1ccsc1)CC21CCN(CC(C)C)CC1.O=C(O)C(F)(F)F. The lowest BCUT2D eigenvalue weighted by atomic mass is 9.72. The summed E-state index contributed by atoms with van der Waals surface area (Å²) in [4.78, 5) is 32.0. The summed E-state index contributed by atoms with van der Waals surface area (Å²) in [5.74, 6) is -0.827. The molecule has 0 atom stereocenters. The summed E-state index contributed by atoms with van der Waals surface area (Å²) in [6.07, 6.45) is -2.93. The second-order valence-electron chi connectivity index (χ2n) is 10.4. The van der Waals surface area contributed by atoms with Crippen LogP contribution in [0.1, 0.15) is 74.1 Å². The van der Waals surface area contributed by atoms with Crippen LogP contribution in [0.25, 0.3) is 0 Å². The molecule has 1 fully saturated rings. The molecule has 0 aromatic carbocycles. The van der Waals surface area contributed by atoms with E-state index in [2.05, 4.69) is 49.0 Å². The molecule has 0 bridgehead atoms. The number of hydrogen-bond donors (Lipinski definition) is 1. The molecule has 4 rings (SSSR count). The fraction of sp³-hybridized carbons (Fsp3) is 0.640. The molecular weight excluding hydrogens is 493 g/mol. The fourth-order valence-corrected chi connectivity index (χ4v) is 5.94. The van der Waals surface area contributed by atoms with E-state index in [-0.39, 0.29) is 11.3 Å². The minimum atomic E-state index is -5.08. The van der Waals surface area contributed by atoms with E-state index in [0.29, 0.717) is 18.5 Å². The van der Waals surface area contributed by atoms with E-state index in [1.54, 1.807) is 11.3 Å². The molecule has 4 heterocycles. The zero-order valence-electron chi connectivity index (χ0n) is 21.4. The number of carboxylic acid groups (broad SMARTS) is 1. The molecule has 0 radical (unpaired) electrons. The highest BCUT2D eigenvalue weighted by Gasteiger charge is 2.46. The molecule has 0 aliphatic carbocycles. The molecule has 0 saturated carbocycles. The summed E-state index contributed by atoms with van der Waals surface area (Å²) in [7, 11) is 0. The second-order valence-corrected chi connectivity index (χ2v) is 11.1. The van der Waals surface area contributed by atoms with Crippen LogP contribution < -0.4 is 0 Å². The molecule has 2 aliphatic heterocycles. The van der Waals surface area contributed by atoms with Crippen LogP contribution in [-0.4, -0.2) is 68.7 Å². The zero-order chi connectivity index (χ0) is 26.8. The van der Waals surface area contributed by atoms with Gasteiger partial charge in [-0.3, -0.25) is 4.79 Å². The van der Waals surface area contributed by atoms with Crippen LogP contribution in [0.4, 0.5) is 13.2 Å². The van der Waals surface area contributed by atoms with Crippen LogP contribution in [-0.2, 0) is 16.8 Å². The number of fused-ring (bicyclic) bond motifs is 2. The minimum absolute atomic E-state index is 0.0162. The largest absolute Gasteiger partial charge is 0.490 e. The number of aryl methyl sites for hydroxylation is 1. The van der Waals surface area contributed by atoms with Gasteiger partial charge in [-0.25, -0.2) is 9.78 Å². The number of carbonyl (C=O) groups excluding carboxylic acids is 1. The van der Waals surface area contributed by atoms with Crippen LogP contribution in [0.5, 0.6) is 0 Å². The quantitative estimate of drug-likeness (QED) is 0.597. The minimum Gasteiger partial charge on any atom is -0.475 e. The maximum atomic E-state index is 13.3. The number of amides is 1. The molecule has 7 nitrogen and oxygen atoms in total. The Morgan fingerprint density at radius 2 is 1.81 bits per heavy atom. The van der Waals surface area contributed by atoms with Crippen LogP contribution in [0.15, 0.2) is 16.8 Å². The van der Waals surface area contributed by atoms with Gasteiger partial charge < -0.3 is 19.5 Å². The Hall–Kier alpha value is -2.40. The molecule has 1 N–H and O–H groups in total. The van der Waals surface area contributed by atoms with Gasteiger partial charge in [0.25, 0.3) is 5.91 Å². The molecule has 11 heteroatoms. The highest BCUT2D eigenvalue weighted by Crippen LogP contribution is 2.43. The van der Waals surface area contributed by atoms with Crippen LogP contribution in [0.3, 0.4) is 0 Å². The fourth-order valence-electron chi connectivity index (χ4n) is 5.31. The first-order valence-corrected chi connectivity index (χ1v) is 13.1. The van der Waals surface area contributed by atoms with Gasteiger partial charge in [0, 0.05) is 29.9 Å². The number of piperidine rings is 1. The van der Waals surface area contributed by atoms with E-state index in [4.69, 9.17) is 14.9 Å². The number of aliphatic carboxylic acids is 1. The van der Waals surface area contributed by atoms with E-state index in [1.165, 1.54) is 11.4 Å². The molecule has 0 unspecified atom stereocenters. The van der Waals surface area contributed by atoms with Crippen molar-refractivity contribution in [3.05, 3.63) is 39.6 Å². The number of halogens is 3. The van der Waals surface area contributed by atoms with Gasteiger partial charge >= 0.3 is 12.1 Å². The molecule has 1 saturated heterocycles. The third kappa shape index (κ3) is 6.11. The van der Waals surface area contributed by atoms with Crippen molar-refractivity contribution in [2.45, 2.75) is 71.6 Å². The van der Waals surface area contributed by atoms with Gasteiger partial charge in [0.15, 0.2) is 0 Å². The van der Waals surface area contributed by atoms with Crippen molar-refractivity contribution in [3.63, 3.8) is 0 Å². The summed E-state index contributed by atoms with van der Waals surface area (Å²) in [5.41, 5.74) is 3.32. The lowest BCUT2D eigenvalue weighted by molar-refractivity contribution is -0.192. The predicted octanol–water partition coefficient (Wildman–Crippen LogP) is 5.11. The van der Waals surface area contributed by atoms with E-state index in [1.807, 2.05) is 16.8 Å². The Labute approximate surface area is 213 Å². The average molecular weight is 529 g/mol. The van der Waals surface area contributed by atoms with Crippen LogP contribution in [0.2, 0.25) is 0 Å². The van der Waals surface area contributed by atoms with Crippen LogP contribution >= 0.6 is 11.3 Å². The zero-order valence-corrected chi connectivity index (χ0v) is 22.2. The summed E-state index contributed by atoms with van der Waals surface area (Å²) in [6.45, 7) is 15.9. The molecule has 2 aliphatic rings. The van der Waals surface area contributed by atoms with Crippen LogP contribution in [0, 0.1) is 12.8 Å². The highest BCUT2D eigenvalue weighted by atomic mass is 32.1. The van der Waals surface area contributed by atoms with E-state index in [0.717, 1.165) is 50.4 Å². The van der Waals surface area contributed by atoms with Gasteiger partial charge in [0.1, 0.15) is 5.82 Å². The molecule has 2 aromatic rings. The monoisotopic (exact) mass is 528 g/mol. The third-order valence-corrected chi connectivity index (χ3v) is 7.46. The number of thiophene rings is 1. The predicted molar refractivity (Wildman–Crippen MR) is 132 cm³/mol. The van der Waals surface area contributed by atoms with Crippen molar-refractivity contribution in [3.8, 4) is 0 Å². The Balaban J connectivity index is 0.000000454. The molecular formula is C25H35F3N4O3S. The van der Waals surface area contributed by atoms with Crippen molar-refractivity contribution in [1.29, 1.82) is 0 Å². The number of nitrogens with zero attached hydrogens (tertiary/aromatic N) is 4. The highest BCUT2D eigenvalue weighted by molar-refractivity contribution is 7.08. The van der Waals surface area contributed by atoms with Gasteiger partial charge in [-0.15, -0.1) is 0 Å². The first kappa shape index (κ1) is 28.2. The average Bonchev–Trinajstić information content (AvgIpc) is 3.42. The Kier molecular flexibility index (Phi) is 8.55. The van der Waals surface area contributed by atoms with Gasteiger partial charge in [-0.05, 0) is 64.1 Å². The Morgan fingerprint density at radius 3 is 2.28 bits per heavy atom. The number of imidazole rings is 1. The third-order valence-electron chi connectivity index (χ3n) is 6.77. The number of likely N-dealkylation sites (tertiary alicyclic amines) is 1. The molecule has 1 amide bonds. The van der Waals surface area contributed by atoms with Gasteiger partial charge in [0.2, 0.25) is 0 Å². The topological polar surface area (TPSA) is 78.7 Å². The lowest BCUT2D eigenvalue weighted by Gasteiger charge is -2.47. The number of aromatic nitrogens is 2. The smallest absolute Gasteiger partial charge is 0.475 e. The van der Waals surface area contributed by atoms with Gasteiger partial charge in [-0.1, -0.05) is 13.8 Å².